The third-order valence-corrected chi connectivity index (χ3v) is 4.15. The molecule has 0 aliphatic heterocycles. The molecule has 0 spiro atoms. The number of hydrogen-bond acceptors (Lipinski definition) is 5. The van der Waals surface area contributed by atoms with E-state index < -0.39 is 5.91 Å². The lowest BCUT2D eigenvalue weighted by atomic mass is 10.2. The van der Waals surface area contributed by atoms with Gasteiger partial charge in [0, 0.05) is 19.6 Å². The molecule has 1 rings (SSSR count). The first-order chi connectivity index (χ1) is 11.5. The molecule has 9 heteroatoms. The van der Waals surface area contributed by atoms with E-state index in [2.05, 4.69) is 40.0 Å². The molecule has 0 atom stereocenters. The van der Waals surface area contributed by atoms with Crippen molar-refractivity contribution in [3.05, 3.63) is 22.2 Å². The van der Waals surface area contributed by atoms with Gasteiger partial charge in [-0.15, -0.1) is 24.8 Å². The van der Waals surface area contributed by atoms with Gasteiger partial charge >= 0.3 is 0 Å². The summed E-state index contributed by atoms with van der Waals surface area (Å²) in [6, 6.07) is 3.89. The van der Waals surface area contributed by atoms with Gasteiger partial charge in [0.15, 0.2) is 18.1 Å². The van der Waals surface area contributed by atoms with Crippen molar-refractivity contribution in [3.63, 3.8) is 0 Å². The summed E-state index contributed by atoms with van der Waals surface area (Å²) in [5.74, 6) is 0.586. The van der Waals surface area contributed by atoms with Crippen LogP contribution in [0.2, 0.25) is 0 Å². The molecule has 1 aromatic carbocycles. The zero-order chi connectivity index (χ0) is 17.9. The van der Waals surface area contributed by atoms with Gasteiger partial charge in [-0.05, 0) is 53.6 Å². The number of nitrogens with one attached hydrogen (secondary N) is 1. The highest BCUT2D eigenvalue weighted by Gasteiger charge is 2.13. The number of nitrogens with two attached hydrogens (primary N) is 1. The Labute approximate surface area is 177 Å². The van der Waals surface area contributed by atoms with Crippen molar-refractivity contribution in [3.8, 4) is 11.5 Å². The van der Waals surface area contributed by atoms with Crippen molar-refractivity contribution in [1.82, 2.24) is 10.2 Å². The number of amides is 1. The van der Waals surface area contributed by atoms with Crippen LogP contribution in [0, 0.1) is 0 Å². The molecule has 0 radical (unpaired) electrons. The Bertz CT molecular complexity index is 532. The fourth-order valence-corrected chi connectivity index (χ4v) is 2.88. The number of likely N-dealkylation sites (N-methyl/N-ethyl adjacent to an activating group) is 1. The molecule has 0 unspecified atom stereocenters. The Morgan fingerprint density at radius 3 is 2.38 bits per heavy atom. The Kier molecular flexibility index (Phi) is 16.2. The second-order valence-electron chi connectivity index (χ2n) is 5.30. The average Bonchev–Trinajstić information content (AvgIpc) is 2.54. The number of carbonyl (C=O) groups excluding carboxylic acids is 1. The highest BCUT2D eigenvalue weighted by atomic mass is 79.9. The lowest BCUT2D eigenvalue weighted by Gasteiger charge is -2.18. The molecule has 0 saturated heterocycles. The van der Waals surface area contributed by atoms with Crippen LogP contribution in [-0.2, 0) is 11.3 Å². The van der Waals surface area contributed by atoms with Crippen molar-refractivity contribution in [2.24, 2.45) is 5.73 Å². The molecule has 0 aliphatic rings. The molecule has 0 aromatic heterocycles. The van der Waals surface area contributed by atoms with E-state index in [1.807, 2.05) is 19.1 Å². The van der Waals surface area contributed by atoms with Crippen LogP contribution in [-0.4, -0.2) is 50.2 Å². The van der Waals surface area contributed by atoms with Gasteiger partial charge in [-0.3, -0.25) is 4.79 Å². The molecule has 0 bridgehead atoms. The van der Waals surface area contributed by atoms with Crippen molar-refractivity contribution in [2.75, 3.05) is 39.4 Å². The molecular weight excluding hydrogens is 445 g/mol. The molecule has 152 valence electrons. The van der Waals surface area contributed by atoms with Crippen LogP contribution >= 0.6 is 40.7 Å². The number of ether oxygens (including phenoxy) is 2. The van der Waals surface area contributed by atoms with Crippen molar-refractivity contribution in [2.45, 2.75) is 27.3 Å². The fourth-order valence-electron chi connectivity index (χ4n) is 2.28. The first-order valence-electron chi connectivity index (χ1n) is 8.31. The number of benzene rings is 1. The van der Waals surface area contributed by atoms with Crippen LogP contribution in [0.25, 0.3) is 0 Å². The topological polar surface area (TPSA) is 76.8 Å². The molecule has 0 aliphatic carbocycles. The van der Waals surface area contributed by atoms with Gasteiger partial charge in [-0.1, -0.05) is 13.8 Å². The minimum absolute atomic E-state index is 0. The van der Waals surface area contributed by atoms with Gasteiger partial charge in [0.05, 0.1) is 11.1 Å². The van der Waals surface area contributed by atoms with E-state index >= 15 is 0 Å². The van der Waals surface area contributed by atoms with Crippen LogP contribution in [0.1, 0.15) is 26.3 Å². The monoisotopic (exact) mass is 473 g/mol. The predicted octanol–water partition coefficient (Wildman–Crippen LogP) is 2.99. The number of hydrogen-bond donors (Lipinski definition) is 2. The normalized spacial score (nSPS) is 10.0. The average molecular weight is 475 g/mol. The maximum absolute atomic E-state index is 10.9. The number of nitrogens with zero attached hydrogens (tertiary/aromatic N) is 1. The van der Waals surface area contributed by atoms with Crippen LogP contribution < -0.4 is 20.5 Å². The van der Waals surface area contributed by atoms with E-state index in [-0.39, 0.29) is 31.4 Å². The third kappa shape index (κ3) is 9.83. The van der Waals surface area contributed by atoms with E-state index in [1.165, 1.54) is 0 Å². The molecule has 6 nitrogen and oxygen atoms in total. The molecule has 0 saturated carbocycles. The van der Waals surface area contributed by atoms with Gasteiger partial charge in [0.25, 0.3) is 5.91 Å². The number of primary amides is 1. The SMILES string of the molecule is CCOc1cc(CNCCN(CC)CC)cc(Br)c1OCC(N)=O.Cl.Cl. The zero-order valence-corrected chi connectivity index (χ0v) is 18.8. The van der Waals surface area contributed by atoms with Crippen LogP contribution in [0.15, 0.2) is 16.6 Å². The molecule has 0 heterocycles. The third-order valence-electron chi connectivity index (χ3n) is 3.56. The zero-order valence-electron chi connectivity index (χ0n) is 15.5. The van der Waals surface area contributed by atoms with E-state index in [0.717, 1.165) is 42.8 Å². The molecule has 1 amide bonds. The number of carbonyl (C=O) groups is 1. The Morgan fingerprint density at radius 2 is 1.85 bits per heavy atom. The summed E-state index contributed by atoms with van der Waals surface area (Å²) in [6.45, 7) is 11.4. The quantitative estimate of drug-likeness (QED) is 0.455. The molecular formula is C17H30BrCl2N3O3. The minimum Gasteiger partial charge on any atom is -0.490 e. The van der Waals surface area contributed by atoms with E-state index in [9.17, 15) is 4.79 Å². The molecule has 0 fully saturated rings. The fraction of sp³-hybridized carbons (Fsp3) is 0.588. The summed E-state index contributed by atoms with van der Waals surface area (Å²) in [5.41, 5.74) is 6.22. The van der Waals surface area contributed by atoms with Crippen molar-refractivity contribution in [1.29, 1.82) is 0 Å². The largest absolute Gasteiger partial charge is 0.490 e. The summed E-state index contributed by atoms with van der Waals surface area (Å²) >= 11 is 3.48. The Morgan fingerprint density at radius 1 is 1.19 bits per heavy atom. The lowest BCUT2D eigenvalue weighted by Crippen LogP contribution is -2.31. The van der Waals surface area contributed by atoms with Gasteiger partial charge < -0.3 is 25.4 Å². The standard InChI is InChI=1S/C17H28BrN3O3.2ClH/c1-4-21(5-2)8-7-20-11-13-9-14(18)17(24-12-16(19)22)15(10-13)23-6-3;;/h9-10,20H,4-8,11-12H2,1-3H3,(H2,19,22);2*1H. The molecule has 3 N–H and O–H groups in total. The van der Waals surface area contributed by atoms with Crippen LogP contribution in [0.4, 0.5) is 0 Å². The highest BCUT2D eigenvalue weighted by molar-refractivity contribution is 9.10. The predicted molar refractivity (Wildman–Crippen MR) is 114 cm³/mol. The second-order valence-corrected chi connectivity index (χ2v) is 6.15. The first-order valence-corrected chi connectivity index (χ1v) is 9.10. The summed E-state index contributed by atoms with van der Waals surface area (Å²) in [5, 5.41) is 3.43. The molecule has 26 heavy (non-hydrogen) atoms. The van der Waals surface area contributed by atoms with E-state index in [0.29, 0.717) is 18.1 Å². The highest BCUT2D eigenvalue weighted by Crippen LogP contribution is 2.36. The summed E-state index contributed by atoms with van der Waals surface area (Å²) in [7, 11) is 0. The summed E-state index contributed by atoms with van der Waals surface area (Å²) in [6.07, 6.45) is 0. The van der Waals surface area contributed by atoms with Crippen molar-refractivity contribution < 1.29 is 14.3 Å². The van der Waals surface area contributed by atoms with E-state index in [1.54, 1.807) is 0 Å². The van der Waals surface area contributed by atoms with Gasteiger partial charge in [0.2, 0.25) is 0 Å². The maximum atomic E-state index is 10.9. The van der Waals surface area contributed by atoms with Gasteiger partial charge in [-0.25, -0.2) is 0 Å². The second kappa shape index (κ2) is 15.3. The lowest BCUT2D eigenvalue weighted by molar-refractivity contribution is -0.119. The summed E-state index contributed by atoms with van der Waals surface area (Å²) < 4.78 is 11.8. The Balaban J connectivity index is 0. The van der Waals surface area contributed by atoms with Crippen molar-refractivity contribution >= 4 is 46.7 Å². The summed E-state index contributed by atoms with van der Waals surface area (Å²) in [4.78, 5) is 13.3. The maximum Gasteiger partial charge on any atom is 0.255 e. The van der Waals surface area contributed by atoms with Gasteiger partial charge in [-0.2, -0.15) is 0 Å². The van der Waals surface area contributed by atoms with Crippen LogP contribution in [0.3, 0.4) is 0 Å². The van der Waals surface area contributed by atoms with Gasteiger partial charge in [0.1, 0.15) is 0 Å². The van der Waals surface area contributed by atoms with E-state index in [4.69, 9.17) is 15.2 Å². The first kappa shape index (κ1) is 27.5. The van der Waals surface area contributed by atoms with Crippen LogP contribution in [0.5, 0.6) is 11.5 Å². The number of halogens is 3. The molecule has 1 aromatic rings. The minimum atomic E-state index is -0.522. The number of rotatable bonds is 12. The Hall–Kier alpha value is -0.730. The smallest absolute Gasteiger partial charge is 0.255 e.